The van der Waals surface area contributed by atoms with E-state index >= 15 is 0 Å². The van der Waals surface area contributed by atoms with Gasteiger partial charge in [0, 0.05) is 6.54 Å². The molecule has 0 saturated heterocycles. The van der Waals surface area contributed by atoms with Crippen LogP contribution in [-0.2, 0) is 6.54 Å². The van der Waals surface area contributed by atoms with Crippen LogP contribution in [0.1, 0.15) is 6.42 Å². The largest absolute Gasteiger partial charge is 0.305 e. The number of benzene rings is 1. The van der Waals surface area contributed by atoms with Crippen molar-refractivity contribution in [1.29, 1.82) is 0 Å². The van der Waals surface area contributed by atoms with Crippen molar-refractivity contribution in [3.63, 3.8) is 0 Å². The van der Waals surface area contributed by atoms with Crippen molar-refractivity contribution in [3.8, 4) is 0 Å². The standard InChI is InChI=1S/C13H11FN2O/c1-2-3-4-8-16-11-7-5-6-10(14)13(11)15-9-12(16)17/h3,5-7,9H,1,4,8H2. The Kier molecular flexibility index (Phi) is 3.17. The minimum Gasteiger partial charge on any atom is -0.305 e. The van der Waals surface area contributed by atoms with Crippen LogP contribution < -0.4 is 5.56 Å². The summed E-state index contributed by atoms with van der Waals surface area (Å²) in [6.07, 6.45) is 3.50. The van der Waals surface area contributed by atoms with Crippen LogP contribution in [0.3, 0.4) is 0 Å². The van der Waals surface area contributed by atoms with Crippen LogP contribution in [-0.4, -0.2) is 9.55 Å². The number of aromatic nitrogens is 2. The molecule has 0 amide bonds. The zero-order chi connectivity index (χ0) is 12.3. The highest BCUT2D eigenvalue weighted by atomic mass is 19.1. The minimum atomic E-state index is -0.421. The van der Waals surface area contributed by atoms with E-state index in [0.717, 1.165) is 6.20 Å². The molecule has 0 fully saturated rings. The first-order chi connectivity index (χ1) is 8.24. The first kappa shape index (κ1) is 11.3. The van der Waals surface area contributed by atoms with Crippen LogP contribution in [0.25, 0.3) is 11.0 Å². The number of aryl methyl sites for hydroxylation is 1. The van der Waals surface area contributed by atoms with Gasteiger partial charge in [-0.3, -0.25) is 4.79 Å². The Morgan fingerprint density at radius 1 is 1.53 bits per heavy atom. The van der Waals surface area contributed by atoms with Crippen LogP contribution in [0.5, 0.6) is 0 Å². The fraction of sp³-hybridized carbons (Fsp3) is 0.154. The minimum absolute atomic E-state index is 0.217. The van der Waals surface area contributed by atoms with Gasteiger partial charge in [0.05, 0.1) is 11.7 Å². The maximum atomic E-state index is 13.5. The molecule has 1 aromatic heterocycles. The summed E-state index contributed by atoms with van der Waals surface area (Å²) in [6, 6.07) is 4.58. The molecule has 2 rings (SSSR count). The van der Waals surface area contributed by atoms with Gasteiger partial charge in [-0.1, -0.05) is 12.6 Å². The Balaban J connectivity index is 2.59. The van der Waals surface area contributed by atoms with Crippen molar-refractivity contribution in [1.82, 2.24) is 9.55 Å². The van der Waals surface area contributed by atoms with Gasteiger partial charge in [0.2, 0.25) is 0 Å². The van der Waals surface area contributed by atoms with Gasteiger partial charge in [-0.25, -0.2) is 9.37 Å². The average molecular weight is 230 g/mol. The van der Waals surface area contributed by atoms with Gasteiger partial charge in [0.25, 0.3) is 5.56 Å². The summed E-state index contributed by atoms with van der Waals surface area (Å²) in [5, 5.41) is 0. The molecule has 2 aromatic rings. The lowest BCUT2D eigenvalue weighted by molar-refractivity contribution is 0.632. The van der Waals surface area contributed by atoms with E-state index in [0.29, 0.717) is 18.5 Å². The van der Waals surface area contributed by atoms with Gasteiger partial charge < -0.3 is 4.57 Å². The Labute approximate surface area is 97.5 Å². The second kappa shape index (κ2) is 4.76. The quantitative estimate of drug-likeness (QED) is 0.758. The Morgan fingerprint density at radius 2 is 2.35 bits per heavy atom. The monoisotopic (exact) mass is 230 g/mol. The normalized spacial score (nSPS) is 10.2. The first-order valence-corrected chi connectivity index (χ1v) is 5.22. The summed E-state index contributed by atoms with van der Waals surface area (Å²) in [5.74, 6) is -0.421. The van der Waals surface area contributed by atoms with E-state index in [1.165, 1.54) is 10.6 Å². The van der Waals surface area contributed by atoms with Gasteiger partial charge >= 0.3 is 0 Å². The predicted molar refractivity (Wildman–Crippen MR) is 64.3 cm³/mol. The van der Waals surface area contributed by atoms with Gasteiger partial charge in [0.15, 0.2) is 5.82 Å². The lowest BCUT2D eigenvalue weighted by atomic mass is 10.2. The maximum Gasteiger partial charge on any atom is 0.269 e. The number of nitrogens with zero attached hydrogens (tertiary/aromatic N) is 2. The highest BCUT2D eigenvalue weighted by Gasteiger charge is 2.06. The molecule has 0 saturated carbocycles. The number of halogens is 1. The van der Waals surface area contributed by atoms with Crippen molar-refractivity contribution >= 4 is 11.0 Å². The smallest absolute Gasteiger partial charge is 0.269 e. The summed E-state index contributed by atoms with van der Waals surface area (Å²) >= 11 is 0. The summed E-state index contributed by atoms with van der Waals surface area (Å²) in [4.78, 5) is 15.5. The van der Waals surface area contributed by atoms with E-state index in [9.17, 15) is 9.18 Å². The third kappa shape index (κ3) is 2.17. The van der Waals surface area contributed by atoms with Crippen molar-refractivity contribution in [2.24, 2.45) is 0 Å². The van der Waals surface area contributed by atoms with Crippen LogP contribution in [0.2, 0.25) is 0 Å². The lowest BCUT2D eigenvalue weighted by Crippen LogP contribution is -2.20. The highest BCUT2D eigenvalue weighted by molar-refractivity contribution is 5.74. The molecule has 0 bridgehead atoms. The van der Waals surface area contributed by atoms with E-state index < -0.39 is 5.82 Å². The van der Waals surface area contributed by atoms with Gasteiger partial charge in [-0.15, -0.1) is 5.73 Å². The van der Waals surface area contributed by atoms with Crippen LogP contribution in [0.4, 0.5) is 4.39 Å². The van der Waals surface area contributed by atoms with E-state index in [2.05, 4.69) is 17.3 Å². The maximum absolute atomic E-state index is 13.5. The van der Waals surface area contributed by atoms with Crippen molar-refractivity contribution in [3.05, 3.63) is 59.0 Å². The molecule has 0 aliphatic heterocycles. The molecule has 0 radical (unpaired) electrons. The summed E-state index contributed by atoms with van der Waals surface area (Å²) < 4.78 is 15.0. The van der Waals surface area contributed by atoms with E-state index in [4.69, 9.17) is 0 Å². The molecule has 1 heterocycles. The third-order valence-electron chi connectivity index (χ3n) is 2.47. The van der Waals surface area contributed by atoms with E-state index in [1.54, 1.807) is 18.2 Å². The number of para-hydroxylation sites is 1. The SMILES string of the molecule is C=C=CCCn1c(=O)cnc2c(F)cccc21. The molecule has 0 unspecified atom stereocenters. The molecule has 4 heteroatoms. The van der Waals surface area contributed by atoms with Crippen molar-refractivity contribution < 1.29 is 4.39 Å². The molecule has 0 N–H and O–H groups in total. The fourth-order valence-electron chi connectivity index (χ4n) is 1.68. The molecule has 17 heavy (non-hydrogen) atoms. The highest BCUT2D eigenvalue weighted by Crippen LogP contribution is 2.13. The topological polar surface area (TPSA) is 34.9 Å². The van der Waals surface area contributed by atoms with Gasteiger partial charge in [-0.2, -0.15) is 0 Å². The Bertz CT molecular complexity index is 654. The molecule has 0 atom stereocenters. The molecular formula is C13H11FN2O. The molecule has 86 valence electrons. The van der Waals surface area contributed by atoms with E-state index in [-0.39, 0.29) is 11.1 Å². The first-order valence-electron chi connectivity index (χ1n) is 5.22. The molecule has 1 aromatic carbocycles. The summed E-state index contributed by atoms with van der Waals surface area (Å²) in [6.45, 7) is 3.91. The second-order valence-corrected chi connectivity index (χ2v) is 3.55. The molecule has 0 aliphatic rings. The third-order valence-corrected chi connectivity index (χ3v) is 2.47. The number of allylic oxidation sites excluding steroid dienone is 1. The van der Waals surface area contributed by atoms with Gasteiger partial charge in [0.1, 0.15) is 5.52 Å². The number of hydrogen-bond donors (Lipinski definition) is 0. The van der Waals surface area contributed by atoms with Gasteiger partial charge in [-0.05, 0) is 24.6 Å². The van der Waals surface area contributed by atoms with E-state index in [1.807, 2.05) is 0 Å². The second-order valence-electron chi connectivity index (χ2n) is 3.55. The number of hydrogen-bond acceptors (Lipinski definition) is 2. The van der Waals surface area contributed by atoms with Crippen molar-refractivity contribution in [2.75, 3.05) is 0 Å². The molecular weight excluding hydrogens is 219 g/mol. The Morgan fingerprint density at radius 3 is 3.12 bits per heavy atom. The average Bonchev–Trinajstić information content (AvgIpc) is 2.32. The number of rotatable bonds is 3. The van der Waals surface area contributed by atoms with Crippen LogP contribution in [0, 0.1) is 5.82 Å². The zero-order valence-electron chi connectivity index (χ0n) is 9.19. The summed E-state index contributed by atoms with van der Waals surface area (Å²) in [7, 11) is 0. The molecule has 0 aliphatic carbocycles. The fourth-order valence-corrected chi connectivity index (χ4v) is 1.68. The Hall–Kier alpha value is -2.19. The zero-order valence-corrected chi connectivity index (χ0v) is 9.19. The molecule has 3 nitrogen and oxygen atoms in total. The van der Waals surface area contributed by atoms with Crippen LogP contribution >= 0.6 is 0 Å². The van der Waals surface area contributed by atoms with Crippen molar-refractivity contribution in [2.45, 2.75) is 13.0 Å². The molecule has 0 spiro atoms. The number of fused-ring (bicyclic) bond motifs is 1. The predicted octanol–water partition coefficient (Wildman–Crippen LogP) is 2.27. The summed E-state index contributed by atoms with van der Waals surface area (Å²) in [5.41, 5.74) is 3.13. The lowest BCUT2D eigenvalue weighted by Gasteiger charge is -2.07. The van der Waals surface area contributed by atoms with Crippen LogP contribution in [0.15, 0.2) is 47.6 Å².